The first kappa shape index (κ1) is 19.3. The van der Waals surface area contributed by atoms with Gasteiger partial charge in [-0.15, -0.1) is 0 Å². The number of benzene rings is 2. The predicted octanol–water partition coefficient (Wildman–Crippen LogP) is 4.60. The zero-order valence-electron chi connectivity index (χ0n) is 16.5. The van der Waals surface area contributed by atoms with Gasteiger partial charge in [0.05, 0.1) is 18.8 Å². The second-order valence-corrected chi connectivity index (χ2v) is 7.36. The van der Waals surface area contributed by atoms with Gasteiger partial charge < -0.3 is 10.5 Å². The average molecular weight is 392 g/mol. The highest BCUT2D eigenvalue weighted by Gasteiger charge is 2.28. The number of halogens is 1. The topological polar surface area (TPSA) is 64.3 Å². The van der Waals surface area contributed by atoms with Crippen molar-refractivity contribution in [3.63, 3.8) is 0 Å². The van der Waals surface area contributed by atoms with Crippen molar-refractivity contribution in [1.82, 2.24) is 14.9 Å². The first-order valence-corrected chi connectivity index (χ1v) is 9.89. The molecular weight excluding hydrogens is 367 g/mol. The van der Waals surface area contributed by atoms with Crippen LogP contribution in [-0.4, -0.2) is 28.5 Å². The maximum absolute atomic E-state index is 13.4. The molecule has 2 aromatic carbocycles. The van der Waals surface area contributed by atoms with Crippen molar-refractivity contribution in [2.24, 2.45) is 0 Å². The summed E-state index contributed by atoms with van der Waals surface area (Å²) in [4.78, 5) is 11.3. The van der Waals surface area contributed by atoms with Gasteiger partial charge in [-0.3, -0.25) is 4.90 Å². The molecule has 3 aromatic rings. The van der Waals surface area contributed by atoms with Crippen molar-refractivity contribution in [2.45, 2.75) is 31.8 Å². The van der Waals surface area contributed by atoms with E-state index in [4.69, 9.17) is 10.5 Å². The number of methoxy groups -OCH3 is 1. The molecule has 0 spiro atoms. The molecule has 0 aliphatic carbocycles. The highest BCUT2D eigenvalue weighted by molar-refractivity contribution is 5.66. The third-order valence-electron chi connectivity index (χ3n) is 5.47. The molecule has 0 bridgehead atoms. The Bertz CT molecular complexity index is 960. The zero-order chi connectivity index (χ0) is 20.2. The number of anilines is 1. The second-order valence-electron chi connectivity index (χ2n) is 7.36. The number of ether oxygens (including phenoxy) is 1. The van der Waals surface area contributed by atoms with Crippen molar-refractivity contribution < 1.29 is 9.13 Å². The van der Waals surface area contributed by atoms with E-state index in [0.29, 0.717) is 0 Å². The second kappa shape index (κ2) is 8.57. The molecule has 1 fully saturated rings. The SMILES string of the molecule is COc1ccc(CN2CCCC[C@H]2c2nc(N)ncc2-c2ccc(F)cc2)cc1. The summed E-state index contributed by atoms with van der Waals surface area (Å²) in [5, 5.41) is 0. The molecule has 1 aliphatic rings. The summed E-state index contributed by atoms with van der Waals surface area (Å²) in [6.07, 6.45) is 5.04. The molecule has 0 radical (unpaired) electrons. The Hall–Kier alpha value is -2.99. The van der Waals surface area contributed by atoms with Crippen LogP contribution in [-0.2, 0) is 6.54 Å². The summed E-state index contributed by atoms with van der Waals surface area (Å²) in [5.41, 5.74) is 9.90. The Kier molecular flexibility index (Phi) is 5.71. The van der Waals surface area contributed by atoms with Gasteiger partial charge >= 0.3 is 0 Å². The zero-order valence-corrected chi connectivity index (χ0v) is 16.5. The molecule has 1 aliphatic heterocycles. The van der Waals surface area contributed by atoms with Crippen molar-refractivity contribution >= 4 is 5.95 Å². The Morgan fingerprint density at radius 1 is 1.10 bits per heavy atom. The fourth-order valence-corrected chi connectivity index (χ4v) is 3.97. The van der Waals surface area contributed by atoms with Crippen LogP contribution in [0.3, 0.4) is 0 Å². The molecule has 2 heterocycles. The normalized spacial score (nSPS) is 17.2. The molecule has 0 saturated carbocycles. The van der Waals surface area contributed by atoms with Gasteiger partial charge in [0.2, 0.25) is 5.95 Å². The lowest BCUT2D eigenvalue weighted by Crippen LogP contribution is -2.34. The number of likely N-dealkylation sites (tertiary alicyclic amines) is 1. The third kappa shape index (κ3) is 4.38. The first-order valence-electron chi connectivity index (χ1n) is 9.89. The van der Waals surface area contributed by atoms with Crippen LogP contribution in [0, 0.1) is 5.82 Å². The lowest BCUT2D eigenvalue weighted by Gasteiger charge is -2.36. The molecule has 1 aromatic heterocycles. The van der Waals surface area contributed by atoms with E-state index >= 15 is 0 Å². The Labute approximate surface area is 170 Å². The van der Waals surface area contributed by atoms with Gasteiger partial charge in [-0.05, 0) is 54.8 Å². The van der Waals surface area contributed by atoms with Crippen LogP contribution >= 0.6 is 0 Å². The summed E-state index contributed by atoms with van der Waals surface area (Å²) in [5.74, 6) is 0.859. The Morgan fingerprint density at radius 3 is 2.59 bits per heavy atom. The summed E-state index contributed by atoms with van der Waals surface area (Å²) >= 11 is 0. The molecule has 4 rings (SSSR count). The summed E-state index contributed by atoms with van der Waals surface area (Å²) < 4.78 is 18.7. The van der Waals surface area contributed by atoms with Gasteiger partial charge in [0.1, 0.15) is 11.6 Å². The van der Waals surface area contributed by atoms with Crippen LogP contribution < -0.4 is 10.5 Å². The smallest absolute Gasteiger partial charge is 0.220 e. The van der Waals surface area contributed by atoms with Crippen molar-refractivity contribution in [1.29, 1.82) is 0 Å². The van der Waals surface area contributed by atoms with Crippen molar-refractivity contribution in [2.75, 3.05) is 19.4 Å². The first-order chi connectivity index (χ1) is 14.1. The maximum atomic E-state index is 13.4. The van der Waals surface area contributed by atoms with E-state index in [-0.39, 0.29) is 17.8 Å². The van der Waals surface area contributed by atoms with Crippen LogP contribution in [0.2, 0.25) is 0 Å². The van der Waals surface area contributed by atoms with E-state index in [0.717, 1.165) is 54.9 Å². The quantitative estimate of drug-likeness (QED) is 0.687. The minimum Gasteiger partial charge on any atom is -0.497 e. The predicted molar refractivity (Wildman–Crippen MR) is 112 cm³/mol. The van der Waals surface area contributed by atoms with Gasteiger partial charge in [0.15, 0.2) is 0 Å². The molecule has 5 nitrogen and oxygen atoms in total. The molecular formula is C23H25FN4O. The average Bonchev–Trinajstić information content (AvgIpc) is 2.75. The minimum atomic E-state index is -0.259. The largest absolute Gasteiger partial charge is 0.497 e. The van der Waals surface area contributed by atoms with E-state index in [2.05, 4.69) is 27.0 Å². The highest BCUT2D eigenvalue weighted by Crippen LogP contribution is 2.36. The highest BCUT2D eigenvalue weighted by atomic mass is 19.1. The minimum absolute atomic E-state index is 0.135. The lowest BCUT2D eigenvalue weighted by molar-refractivity contribution is 0.137. The monoisotopic (exact) mass is 392 g/mol. The van der Waals surface area contributed by atoms with E-state index in [1.807, 2.05) is 12.1 Å². The number of hydrogen-bond donors (Lipinski definition) is 1. The number of nitrogen functional groups attached to an aromatic ring is 1. The van der Waals surface area contributed by atoms with Crippen molar-refractivity contribution in [3.8, 4) is 16.9 Å². The lowest BCUT2D eigenvalue weighted by atomic mass is 9.93. The molecule has 0 amide bonds. The molecule has 29 heavy (non-hydrogen) atoms. The number of aromatic nitrogens is 2. The van der Waals surface area contributed by atoms with Gasteiger partial charge in [-0.1, -0.05) is 30.7 Å². The fraction of sp³-hybridized carbons (Fsp3) is 0.304. The van der Waals surface area contributed by atoms with Crippen LogP contribution in [0.15, 0.2) is 54.7 Å². The van der Waals surface area contributed by atoms with E-state index < -0.39 is 0 Å². The molecule has 1 saturated heterocycles. The third-order valence-corrected chi connectivity index (χ3v) is 5.47. The summed E-state index contributed by atoms with van der Waals surface area (Å²) in [6.45, 7) is 1.81. The molecule has 1 atom stereocenters. The van der Waals surface area contributed by atoms with E-state index in [1.54, 1.807) is 25.4 Å². The standard InChI is InChI=1S/C23H25FN4O/c1-29-19-11-5-16(6-12-19)15-28-13-3-2-4-21(28)22-20(14-26-23(25)27-22)17-7-9-18(24)10-8-17/h5-12,14,21H,2-4,13,15H2,1H3,(H2,25,26,27)/t21-/m0/s1. The van der Waals surface area contributed by atoms with E-state index in [1.165, 1.54) is 17.7 Å². The van der Waals surface area contributed by atoms with E-state index in [9.17, 15) is 4.39 Å². The number of hydrogen-bond acceptors (Lipinski definition) is 5. The van der Waals surface area contributed by atoms with Gasteiger partial charge in [-0.25, -0.2) is 14.4 Å². The van der Waals surface area contributed by atoms with Gasteiger partial charge in [0, 0.05) is 18.3 Å². The molecule has 0 unspecified atom stereocenters. The molecule has 2 N–H and O–H groups in total. The van der Waals surface area contributed by atoms with Gasteiger partial charge in [-0.2, -0.15) is 0 Å². The Balaban J connectivity index is 1.67. The van der Waals surface area contributed by atoms with Crippen LogP contribution in [0.25, 0.3) is 11.1 Å². The van der Waals surface area contributed by atoms with Crippen LogP contribution in [0.4, 0.5) is 10.3 Å². The summed E-state index contributed by atoms with van der Waals surface area (Å²) in [6, 6.07) is 14.8. The maximum Gasteiger partial charge on any atom is 0.220 e. The number of piperidine rings is 1. The number of nitrogens with two attached hydrogens (primary N) is 1. The Morgan fingerprint density at radius 2 is 1.86 bits per heavy atom. The number of rotatable bonds is 5. The van der Waals surface area contributed by atoms with Gasteiger partial charge in [0.25, 0.3) is 0 Å². The van der Waals surface area contributed by atoms with Crippen molar-refractivity contribution in [3.05, 3.63) is 71.8 Å². The van der Waals surface area contributed by atoms with Crippen LogP contribution in [0.5, 0.6) is 5.75 Å². The summed E-state index contributed by atoms with van der Waals surface area (Å²) in [7, 11) is 1.67. The van der Waals surface area contributed by atoms with Crippen LogP contribution in [0.1, 0.15) is 36.6 Å². The number of nitrogens with zero attached hydrogens (tertiary/aromatic N) is 3. The molecule has 150 valence electrons. The fourth-order valence-electron chi connectivity index (χ4n) is 3.97. The molecule has 6 heteroatoms.